The molecule has 4 rings (SSSR count). The second-order valence-electron chi connectivity index (χ2n) is 11.1. The van der Waals surface area contributed by atoms with Crippen molar-refractivity contribution in [1.29, 1.82) is 0 Å². The number of esters is 4. The van der Waals surface area contributed by atoms with E-state index in [1.165, 1.54) is 6.08 Å². The van der Waals surface area contributed by atoms with Gasteiger partial charge in [0.1, 0.15) is 23.0 Å². The number of hydrogen-bond donors (Lipinski definition) is 0. The number of allylic oxidation sites excluding steroid dienone is 1. The maximum absolute atomic E-state index is 13.1. The molecule has 0 atom stereocenters. The lowest BCUT2D eigenvalue weighted by Crippen LogP contribution is -2.10. The molecule has 4 aromatic rings. The Balaban J connectivity index is 1.31. The van der Waals surface area contributed by atoms with Gasteiger partial charge < -0.3 is 28.4 Å². The molecule has 0 aliphatic heterocycles. The molecule has 0 radical (unpaired) electrons. The average Bonchev–Trinajstić information content (AvgIpc) is 3.12. The maximum Gasteiger partial charge on any atom is 0.343 e. The number of rotatable bonds is 18. The van der Waals surface area contributed by atoms with Crippen molar-refractivity contribution in [1.82, 2.24) is 0 Å². The minimum Gasteiger partial charge on any atom is -0.494 e. The highest BCUT2D eigenvalue weighted by atomic mass is 16.5. The number of aryl methyl sites for hydroxylation is 1. The maximum atomic E-state index is 13.1. The van der Waals surface area contributed by atoms with Crippen molar-refractivity contribution in [3.63, 3.8) is 0 Å². The molecule has 50 heavy (non-hydrogen) atoms. The first-order valence-electron chi connectivity index (χ1n) is 16.3. The van der Waals surface area contributed by atoms with Gasteiger partial charge >= 0.3 is 23.9 Å². The van der Waals surface area contributed by atoms with E-state index in [-0.39, 0.29) is 5.97 Å². The summed E-state index contributed by atoms with van der Waals surface area (Å²) in [4.78, 5) is 48.6. The summed E-state index contributed by atoms with van der Waals surface area (Å²) in [6, 6.07) is 22.1. The fourth-order valence-corrected chi connectivity index (χ4v) is 4.70. The highest BCUT2D eigenvalue weighted by molar-refractivity contribution is 6.00. The Kier molecular flexibility index (Phi) is 14.2. The summed E-state index contributed by atoms with van der Waals surface area (Å²) in [6.45, 7) is 8.45. The normalized spacial score (nSPS) is 10.8. The van der Waals surface area contributed by atoms with Crippen molar-refractivity contribution in [3.05, 3.63) is 120 Å². The Morgan fingerprint density at radius 1 is 0.620 bits per heavy atom. The van der Waals surface area contributed by atoms with Crippen LogP contribution < -0.4 is 18.9 Å². The Labute approximate surface area is 291 Å². The van der Waals surface area contributed by atoms with Crippen LogP contribution in [0, 0.1) is 6.92 Å². The Morgan fingerprint density at radius 3 is 1.68 bits per heavy atom. The van der Waals surface area contributed by atoms with Crippen LogP contribution in [0.15, 0.2) is 104 Å². The van der Waals surface area contributed by atoms with Gasteiger partial charge in [0.15, 0.2) is 0 Å². The molecule has 0 fully saturated rings. The predicted octanol–water partition coefficient (Wildman–Crippen LogP) is 7.75. The number of fused-ring (bicyclic) bond motifs is 1. The standard InChI is InChI=1S/C40H40O10/c1-4-11-38(42)48-25-9-7-23-46-32-20-16-30(17-21-32)40(44)50-36-27-28(3)26-34-33(36)12-10-13-35(34)49-39(43)29-14-18-31(19-15-29)45-22-6-8-24-47-37(41)5-2/h4-5,10-21,26-27H,2,6-9,22-25H2,1,3H3/b11-4+. The number of ether oxygens (including phenoxy) is 6. The van der Waals surface area contributed by atoms with Crippen molar-refractivity contribution in [2.75, 3.05) is 26.4 Å². The molecule has 10 nitrogen and oxygen atoms in total. The summed E-state index contributed by atoms with van der Waals surface area (Å²) >= 11 is 0. The largest absolute Gasteiger partial charge is 0.494 e. The van der Waals surface area contributed by atoms with Crippen molar-refractivity contribution in [2.24, 2.45) is 0 Å². The monoisotopic (exact) mass is 680 g/mol. The van der Waals surface area contributed by atoms with Gasteiger partial charge in [-0.3, -0.25) is 0 Å². The van der Waals surface area contributed by atoms with E-state index in [1.807, 2.05) is 13.0 Å². The predicted molar refractivity (Wildman–Crippen MR) is 188 cm³/mol. The summed E-state index contributed by atoms with van der Waals surface area (Å²) in [6.07, 6.45) is 6.84. The van der Waals surface area contributed by atoms with Crippen LogP contribution in [0.1, 0.15) is 58.9 Å². The van der Waals surface area contributed by atoms with Crippen LogP contribution in [0.25, 0.3) is 10.8 Å². The van der Waals surface area contributed by atoms with Gasteiger partial charge in [-0.05, 0) is 112 Å². The van der Waals surface area contributed by atoms with E-state index in [4.69, 9.17) is 28.4 Å². The highest BCUT2D eigenvalue weighted by Crippen LogP contribution is 2.35. The van der Waals surface area contributed by atoms with Crippen molar-refractivity contribution in [2.45, 2.75) is 39.5 Å². The van der Waals surface area contributed by atoms with Gasteiger partial charge in [0.2, 0.25) is 0 Å². The van der Waals surface area contributed by atoms with Crippen molar-refractivity contribution < 1.29 is 47.6 Å². The van der Waals surface area contributed by atoms with Gasteiger partial charge in [-0.25, -0.2) is 19.2 Å². The first-order valence-corrected chi connectivity index (χ1v) is 16.3. The molecule has 0 bridgehead atoms. The second-order valence-corrected chi connectivity index (χ2v) is 11.1. The molecule has 4 aromatic carbocycles. The summed E-state index contributed by atoms with van der Waals surface area (Å²) in [5.74, 6) is -0.0659. The van der Waals surface area contributed by atoms with Gasteiger partial charge in [-0.2, -0.15) is 0 Å². The molecule has 0 unspecified atom stereocenters. The van der Waals surface area contributed by atoms with Crippen molar-refractivity contribution >= 4 is 34.6 Å². The molecular weight excluding hydrogens is 640 g/mol. The first kappa shape index (κ1) is 36.9. The summed E-state index contributed by atoms with van der Waals surface area (Å²) in [7, 11) is 0. The quantitative estimate of drug-likeness (QED) is 0.0446. The summed E-state index contributed by atoms with van der Waals surface area (Å²) in [5, 5.41) is 1.22. The number of hydrogen-bond acceptors (Lipinski definition) is 10. The fourth-order valence-electron chi connectivity index (χ4n) is 4.70. The summed E-state index contributed by atoms with van der Waals surface area (Å²) in [5.41, 5.74) is 1.49. The van der Waals surface area contributed by atoms with Crippen LogP contribution in [-0.4, -0.2) is 50.3 Å². The van der Waals surface area contributed by atoms with Crippen LogP contribution in [-0.2, 0) is 19.1 Å². The zero-order chi connectivity index (χ0) is 35.7. The van der Waals surface area contributed by atoms with Crippen LogP contribution in [0.5, 0.6) is 23.0 Å². The zero-order valence-electron chi connectivity index (χ0n) is 28.2. The van der Waals surface area contributed by atoms with E-state index in [0.717, 1.165) is 11.6 Å². The molecule has 0 aliphatic carbocycles. The number of carbonyl (C=O) groups excluding carboxylic acids is 4. The Bertz CT molecular complexity index is 1810. The van der Waals surface area contributed by atoms with Crippen LogP contribution in [0.3, 0.4) is 0 Å². The third-order valence-electron chi connectivity index (χ3n) is 7.22. The van der Waals surface area contributed by atoms with Gasteiger partial charge in [-0.15, -0.1) is 0 Å². The SMILES string of the molecule is C=CC(=O)OCCCCOc1ccc(C(=O)Oc2cccc3c(OC(=O)c4ccc(OCCCCOC(=O)/C=C/C)cc4)cc(C)cc23)cc1. The minimum atomic E-state index is -0.553. The van der Waals surface area contributed by atoms with E-state index in [9.17, 15) is 19.2 Å². The minimum absolute atomic E-state index is 0.295. The van der Waals surface area contributed by atoms with E-state index in [1.54, 1.807) is 85.8 Å². The highest BCUT2D eigenvalue weighted by Gasteiger charge is 2.16. The molecule has 260 valence electrons. The van der Waals surface area contributed by atoms with Gasteiger partial charge in [0.25, 0.3) is 0 Å². The molecule has 0 amide bonds. The fraction of sp³-hybridized carbons (Fsp3) is 0.250. The third kappa shape index (κ3) is 11.4. The third-order valence-corrected chi connectivity index (χ3v) is 7.22. The average molecular weight is 681 g/mol. The molecule has 0 saturated carbocycles. The van der Waals surface area contributed by atoms with Gasteiger partial charge in [0, 0.05) is 22.9 Å². The molecule has 0 aliphatic rings. The van der Waals surface area contributed by atoms with E-state index in [0.29, 0.717) is 97.0 Å². The number of carbonyl (C=O) groups is 4. The van der Waals surface area contributed by atoms with E-state index < -0.39 is 17.9 Å². The number of unbranched alkanes of at least 4 members (excludes halogenated alkanes) is 2. The molecule has 10 heteroatoms. The zero-order valence-corrected chi connectivity index (χ0v) is 28.2. The Hall–Kier alpha value is -5.90. The van der Waals surface area contributed by atoms with Crippen molar-refractivity contribution in [3.8, 4) is 23.0 Å². The lowest BCUT2D eigenvalue weighted by atomic mass is 10.1. The lowest BCUT2D eigenvalue weighted by Gasteiger charge is -2.13. The van der Waals surface area contributed by atoms with Gasteiger partial charge in [0.05, 0.1) is 37.6 Å². The van der Waals surface area contributed by atoms with E-state index >= 15 is 0 Å². The first-order chi connectivity index (χ1) is 24.3. The Morgan fingerprint density at radius 2 is 1.14 bits per heavy atom. The molecular formula is C40H40O10. The second kappa shape index (κ2) is 19.2. The lowest BCUT2D eigenvalue weighted by molar-refractivity contribution is -0.138. The molecule has 0 saturated heterocycles. The summed E-state index contributed by atoms with van der Waals surface area (Å²) < 4.78 is 33.1. The smallest absolute Gasteiger partial charge is 0.343 e. The number of benzene rings is 4. The van der Waals surface area contributed by atoms with Gasteiger partial charge in [-0.1, -0.05) is 24.8 Å². The van der Waals surface area contributed by atoms with E-state index in [2.05, 4.69) is 6.58 Å². The molecule has 0 heterocycles. The molecule has 0 spiro atoms. The van der Waals surface area contributed by atoms with Crippen LogP contribution in [0.2, 0.25) is 0 Å². The topological polar surface area (TPSA) is 124 Å². The van der Waals surface area contributed by atoms with Crippen LogP contribution >= 0.6 is 0 Å². The van der Waals surface area contributed by atoms with Crippen LogP contribution in [0.4, 0.5) is 0 Å². The molecule has 0 N–H and O–H groups in total. The molecule has 0 aromatic heterocycles.